The van der Waals surface area contributed by atoms with E-state index >= 15 is 0 Å². The molecule has 0 aromatic carbocycles. The highest BCUT2D eigenvalue weighted by Gasteiger charge is 2.18. The van der Waals surface area contributed by atoms with Crippen molar-refractivity contribution in [3.8, 4) is 0 Å². The number of allylic oxidation sites excluding steroid dienone is 1. The quantitative estimate of drug-likeness (QED) is 0.135. The van der Waals surface area contributed by atoms with Crippen molar-refractivity contribution in [3.05, 3.63) is 11.0 Å². The van der Waals surface area contributed by atoms with Crippen LogP contribution in [0.5, 0.6) is 0 Å². The van der Waals surface area contributed by atoms with Gasteiger partial charge in [-0.3, -0.25) is 9.59 Å². The molecule has 0 rings (SSSR count). The Morgan fingerprint density at radius 1 is 0.939 bits per heavy atom. The highest BCUT2D eigenvalue weighted by atomic mass is 32.2. The average Bonchev–Trinajstić information content (AvgIpc) is 2.79. The number of carbonyl (C=O) groups is 2. The molecule has 0 fully saturated rings. The normalized spacial score (nSPS) is 13.6. The van der Waals surface area contributed by atoms with E-state index < -0.39 is 30.6 Å². The summed E-state index contributed by atoms with van der Waals surface area (Å²) in [5, 5.41) is 30.5. The SMILES string of the molecule is CCCCCCCCCCCCCC=C(SC[C@H](N)C(=O)NCC(=O)O)[C@@H](O)CCCCO. The molecule has 0 aliphatic rings. The lowest BCUT2D eigenvalue weighted by molar-refractivity contribution is -0.138. The van der Waals surface area contributed by atoms with Gasteiger partial charge in [-0.05, 0) is 32.1 Å². The highest BCUT2D eigenvalue weighted by molar-refractivity contribution is 8.03. The largest absolute Gasteiger partial charge is 0.480 e. The zero-order chi connectivity index (χ0) is 24.7. The molecule has 6 N–H and O–H groups in total. The molecule has 0 aromatic rings. The third-order valence-electron chi connectivity index (χ3n) is 5.55. The molecule has 0 aliphatic carbocycles. The van der Waals surface area contributed by atoms with Crippen LogP contribution < -0.4 is 11.1 Å². The molecule has 2 atom stereocenters. The Morgan fingerprint density at radius 2 is 1.52 bits per heavy atom. The molecule has 0 aliphatic heterocycles. The third-order valence-corrected chi connectivity index (χ3v) is 6.85. The number of thioether (sulfide) groups is 1. The van der Waals surface area contributed by atoms with Gasteiger partial charge >= 0.3 is 5.97 Å². The minimum atomic E-state index is -1.12. The number of hydrogen-bond donors (Lipinski definition) is 5. The van der Waals surface area contributed by atoms with Gasteiger partial charge < -0.3 is 26.4 Å². The van der Waals surface area contributed by atoms with Gasteiger partial charge in [-0.15, -0.1) is 11.8 Å². The van der Waals surface area contributed by atoms with Crippen LogP contribution in [0.2, 0.25) is 0 Å². The Bertz CT molecular complexity index is 531. The minimum Gasteiger partial charge on any atom is -0.480 e. The van der Waals surface area contributed by atoms with E-state index in [2.05, 4.69) is 12.2 Å². The fourth-order valence-electron chi connectivity index (χ4n) is 3.49. The van der Waals surface area contributed by atoms with Crippen molar-refractivity contribution in [2.24, 2.45) is 5.73 Å². The summed E-state index contributed by atoms with van der Waals surface area (Å²) in [4.78, 5) is 23.3. The maximum Gasteiger partial charge on any atom is 0.322 e. The second-order valence-corrected chi connectivity index (χ2v) is 9.79. The number of aliphatic carboxylic acids is 1. The van der Waals surface area contributed by atoms with Crippen LogP contribution in [0.3, 0.4) is 0 Å². The summed E-state index contributed by atoms with van der Waals surface area (Å²) in [7, 11) is 0. The number of aliphatic hydroxyl groups excluding tert-OH is 2. The zero-order valence-corrected chi connectivity index (χ0v) is 21.4. The van der Waals surface area contributed by atoms with Gasteiger partial charge in [-0.25, -0.2) is 0 Å². The van der Waals surface area contributed by atoms with Gasteiger partial charge in [0.15, 0.2) is 0 Å². The Balaban J connectivity index is 4.29. The summed E-state index contributed by atoms with van der Waals surface area (Å²) in [5.41, 5.74) is 5.87. The zero-order valence-electron chi connectivity index (χ0n) is 20.6. The molecular formula is C25H48N2O5S. The monoisotopic (exact) mass is 488 g/mol. The Morgan fingerprint density at radius 3 is 2.06 bits per heavy atom. The predicted octanol–water partition coefficient (Wildman–Crippen LogP) is 4.36. The topological polar surface area (TPSA) is 133 Å². The molecule has 33 heavy (non-hydrogen) atoms. The number of rotatable bonds is 23. The van der Waals surface area contributed by atoms with E-state index in [0.717, 1.165) is 24.2 Å². The minimum absolute atomic E-state index is 0.103. The third kappa shape index (κ3) is 20.0. The lowest BCUT2D eigenvalue weighted by atomic mass is 10.0. The van der Waals surface area contributed by atoms with Gasteiger partial charge in [0.1, 0.15) is 6.54 Å². The molecule has 0 radical (unpaired) electrons. The van der Waals surface area contributed by atoms with Gasteiger partial charge in [-0.2, -0.15) is 0 Å². The van der Waals surface area contributed by atoms with Crippen LogP contribution in [-0.4, -0.2) is 58.2 Å². The summed E-state index contributed by atoms with van der Waals surface area (Å²) in [5.74, 6) is -1.36. The van der Waals surface area contributed by atoms with E-state index in [-0.39, 0.29) is 12.4 Å². The van der Waals surface area contributed by atoms with E-state index in [1.54, 1.807) is 0 Å². The fourth-order valence-corrected chi connectivity index (χ4v) is 4.56. The molecule has 1 amide bonds. The lowest BCUT2D eigenvalue weighted by Crippen LogP contribution is -2.44. The van der Waals surface area contributed by atoms with Crippen molar-refractivity contribution < 1.29 is 24.9 Å². The number of nitrogens with one attached hydrogen (secondary N) is 1. The van der Waals surface area contributed by atoms with Crippen molar-refractivity contribution in [2.75, 3.05) is 18.9 Å². The first-order valence-electron chi connectivity index (χ1n) is 12.8. The summed E-state index contributed by atoms with van der Waals surface area (Å²) < 4.78 is 0. The van der Waals surface area contributed by atoms with Crippen LogP contribution in [0, 0.1) is 0 Å². The molecule has 7 nitrogen and oxygen atoms in total. The molecular weight excluding hydrogens is 440 g/mol. The average molecular weight is 489 g/mol. The van der Waals surface area contributed by atoms with Crippen LogP contribution in [0.1, 0.15) is 103 Å². The molecule has 0 heterocycles. The second kappa shape index (κ2) is 22.7. The number of carbonyl (C=O) groups excluding carboxylic acids is 1. The summed E-state index contributed by atoms with van der Waals surface area (Å²) in [6.07, 6.45) is 18.3. The van der Waals surface area contributed by atoms with Gasteiger partial charge in [0.2, 0.25) is 5.91 Å². The molecule has 8 heteroatoms. The lowest BCUT2D eigenvalue weighted by Gasteiger charge is -2.17. The molecule has 0 bridgehead atoms. The van der Waals surface area contributed by atoms with E-state index in [1.807, 2.05) is 6.08 Å². The Labute approximate surface area is 205 Å². The van der Waals surface area contributed by atoms with Crippen LogP contribution in [0.25, 0.3) is 0 Å². The number of amides is 1. The standard InChI is InChI=1S/C25H48N2O5S/c1-2-3-4-5-6-7-8-9-10-11-12-13-17-23(22(29)16-14-15-18-28)33-20-21(26)25(32)27-19-24(30)31/h17,21-22,28-29H,2-16,18-20,26H2,1H3,(H,27,32)(H,30,31)/t21-,22-/m0/s1. The number of carboxylic acid groups (broad SMARTS) is 1. The number of carboxylic acids is 1. The number of aliphatic hydroxyl groups is 2. The summed E-state index contributed by atoms with van der Waals surface area (Å²) >= 11 is 1.36. The number of hydrogen-bond acceptors (Lipinski definition) is 6. The van der Waals surface area contributed by atoms with Crippen molar-refractivity contribution in [3.63, 3.8) is 0 Å². The predicted molar refractivity (Wildman–Crippen MR) is 137 cm³/mol. The molecule has 0 spiro atoms. The molecule has 0 unspecified atom stereocenters. The number of nitrogens with two attached hydrogens (primary N) is 1. The highest BCUT2D eigenvalue weighted by Crippen LogP contribution is 2.25. The van der Waals surface area contributed by atoms with E-state index in [0.29, 0.717) is 12.8 Å². The first kappa shape index (κ1) is 31.9. The molecule has 0 saturated carbocycles. The smallest absolute Gasteiger partial charge is 0.322 e. The fraction of sp³-hybridized carbons (Fsp3) is 0.840. The van der Waals surface area contributed by atoms with Gasteiger partial charge in [0, 0.05) is 17.3 Å². The van der Waals surface area contributed by atoms with E-state index in [9.17, 15) is 14.7 Å². The van der Waals surface area contributed by atoms with Gasteiger partial charge in [0.25, 0.3) is 0 Å². The maximum absolute atomic E-state index is 11.9. The molecule has 194 valence electrons. The first-order valence-corrected chi connectivity index (χ1v) is 13.8. The van der Waals surface area contributed by atoms with Crippen LogP contribution in [-0.2, 0) is 9.59 Å². The summed E-state index contributed by atoms with van der Waals surface area (Å²) in [6, 6.07) is -0.843. The first-order chi connectivity index (χ1) is 15.9. The van der Waals surface area contributed by atoms with Crippen molar-refractivity contribution in [2.45, 2.75) is 115 Å². The summed E-state index contributed by atoms with van der Waals surface area (Å²) in [6.45, 7) is 1.89. The van der Waals surface area contributed by atoms with Gasteiger partial charge in [-0.1, -0.05) is 77.2 Å². The van der Waals surface area contributed by atoms with E-state index in [1.165, 1.54) is 76.0 Å². The van der Waals surface area contributed by atoms with Crippen LogP contribution >= 0.6 is 11.8 Å². The number of unbranched alkanes of at least 4 members (excludes halogenated alkanes) is 12. The maximum atomic E-state index is 11.9. The molecule has 0 saturated heterocycles. The van der Waals surface area contributed by atoms with Gasteiger partial charge in [0.05, 0.1) is 12.1 Å². The van der Waals surface area contributed by atoms with Crippen LogP contribution in [0.15, 0.2) is 11.0 Å². The molecule has 0 aromatic heterocycles. The van der Waals surface area contributed by atoms with Crippen LogP contribution in [0.4, 0.5) is 0 Å². The van der Waals surface area contributed by atoms with Crippen molar-refractivity contribution in [1.29, 1.82) is 0 Å². The Hall–Kier alpha value is -1.09. The van der Waals surface area contributed by atoms with Crippen molar-refractivity contribution >= 4 is 23.6 Å². The van der Waals surface area contributed by atoms with E-state index in [4.69, 9.17) is 15.9 Å². The van der Waals surface area contributed by atoms with Crippen molar-refractivity contribution in [1.82, 2.24) is 5.32 Å². The second-order valence-electron chi connectivity index (χ2n) is 8.69. The Kier molecular flexibility index (Phi) is 21.9.